The van der Waals surface area contributed by atoms with E-state index in [1.165, 1.54) is 0 Å². The number of anilines is 1. The summed E-state index contributed by atoms with van der Waals surface area (Å²) in [6.45, 7) is 7.99. The lowest BCUT2D eigenvalue weighted by Crippen LogP contribution is -2.10. The fourth-order valence-electron chi connectivity index (χ4n) is 3.28. The number of rotatable bonds is 6. The summed E-state index contributed by atoms with van der Waals surface area (Å²) < 4.78 is 3.97. The van der Waals surface area contributed by atoms with Gasteiger partial charge in [-0.2, -0.15) is 4.52 Å². The largest absolute Gasteiger partial charge is 0.370 e. The van der Waals surface area contributed by atoms with Gasteiger partial charge in [0.25, 0.3) is 0 Å². The second kappa shape index (κ2) is 6.74. The standard InChI is InChI=1S/C19H23N7/c1-4-15-11-16(21-6-5-8-25-9-7-20-12-25)26-19(23-15)17-13(2)10-14(3)22-18(17)24-26/h7,9-12,21H,4-6,8H2,1-3H3. The molecule has 4 rings (SSSR count). The highest BCUT2D eigenvalue weighted by Gasteiger charge is 2.14. The van der Waals surface area contributed by atoms with E-state index < -0.39 is 0 Å². The molecule has 4 aromatic heterocycles. The minimum Gasteiger partial charge on any atom is -0.370 e. The van der Waals surface area contributed by atoms with Crippen molar-refractivity contribution in [3.63, 3.8) is 0 Å². The van der Waals surface area contributed by atoms with Crippen LogP contribution < -0.4 is 5.32 Å². The van der Waals surface area contributed by atoms with E-state index in [0.29, 0.717) is 0 Å². The summed E-state index contributed by atoms with van der Waals surface area (Å²) >= 11 is 0. The molecule has 0 fully saturated rings. The average molecular weight is 349 g/mol. The van der Waals surface area contributed by atoms with Crippen LogP contribution in [0.5, 0.6) is 0 Å². The molecule has 0 amide bonds. The summed E-state index contributed by atoms with van der Waals surface area (Å²) in [7, 11) is 0. The molecule has 0 bridgehead atoms. The Morgan fingerprint density at radius 2 is 2.04 bits per heavy atom. The van der Waals surface area contributed by atoms with E-state index in [-0.39, 0.29) is 0 Å². The van der Waals surface area contributed by atoms with Crippen LogP contribution in [0.3, 0.4) is 0 Å². The van der Waals surface area contributed by atoms with Gasteiger partial charge in [0.2, 0.25) is 0 Å². The molecule has 1 N–H and O–H groups in total. The summed E-state index contributed by atoms with van der Waals surface area (Å²) in [6.07, 6.45) is 7.51. The molecule has 0 radical (unpaired) electrons. The van der Waals surface area contributed by atoms with Crippen molar-refractivity contribution in [3.8, 4) is 0 Å². The van der Waals surface area contributed by atoms with Crippen molar-refractivity contribution < 1.29 is 0 Å². The van der Waals surface area contributed by atoms with Gasteiger partial charge in [-0.15, -0.1) is 5.10 Å². The number of hydrogen-bond donors (Lipinski definition) is 1. The molecule has 134 valence electrons. The lowest BCUT2D eigenvalue weighted by atomic mass is 10.2. The quantitative estimate of drug-likeness (QED) is 0.541. The number of pyridine rings is 1. The number of nitrogens with one attached hydrogen (secondary N) is 1. The molecular formula is C19H23N7. The summed E-state index contributed by atoms with van der Waals surface area (Å²) in [5, 5.41) is 9.26. The number of aromatic nitrogens is 6. The fourth-order valence-corrected chi connectivity index (χ4v) is 3.28. The van der Waals surface area contributed by atoms with Crippen molar-refractivity contribution in [2.45, 2.75) is 40.2 Å². The molecule has 0 atom stereocenters. The Hall–Kier alpha value is -2.96. The Kier molecular flexibility index (Phi) is 4.28. The number of nitrogens with zero attached hydrogens (tertiary/aromatic N) is 6. The molecular weight excluding hydrogens is 326 g/mol. The van der Waals surface area contributed by atoms with Crippen molar-refractivity contribution in [3.05, 3.63) is 47.8 Å². The maximum absolute atomic E-state index is 4.81. The van der Waals surface area contributed by atoms with Crippen LogP contribution in [-0.2, 0) is 13.0 Å². The molecule has 7 nitrogen and oxygen atoms in total. The predicted octanol–water partition coefficient (Wildman–Crippen LogP) is 3.16. The molecule has 0 saturated heterocycles. The van der Waals surface area contributed by atoms with Crippen LogP contribution >= 0.6 is 0 Å². The van der Waals surface area contributed by atoms with Crippen molar-refractivity contribution in [2.24, 2.45) is 0 Å². The first-order valence-electron chi connectivity index (χ1n) is 9.02. The van der Waals surface area contributed by atoms with Crippen LogP contribution in [0.15, 0.2) is 30.9 Å². The van der Waals surface area contributed by atoms with Gasteiger partial charge in [0.1, 0.15) is 5.82 Å². The van der Waals surface area contributed by atoms with Crippen LogP contribution in [0.4, 0.5) is 5.82 Å². The first-order valence-corrected chi connectivity index (χ1v) is 9.02. The van der Waals surface area contributed by atoms with Gasteiger partial charge >= 0.3 is 0 Å². The second-order valence-corrected chi connectivity index (χ2v) is 6.58. The zero-order valence-electron chi connectivity index (χ0n) is 15.4. The average Bonchev–Trinajstić information content (AvgIpc) is 3.25. The Balaban J connectivity index is 1.67. The third-order valence-electron chi connectivity index (χ3n) is 4.55. The van der Waals surface area contributed by atoms with E-state index in [4.69, 9.17) is 10.1 Å². The number of aryl methyl sites for hydroxylation is 4. The highest BCUT2D eigenvalue weighted by Crippen LogP contribution is 2.24. The third kappa shape index (κ3) is 3.00. The van der Waals surface area contributed by atoms with Gasteiger partial charge < -0.3 is 9.88 Å². The van der Waals surface area contributed by atoms with E-state index in [9.17, 15) is 0 Å². The SMILES string of the molecule is CCc1cc(NCCCn2ccnc2)n2nc3nc(C)cc(C)c3c2n1. The highest BCUT2D eigenvalue weighted by atomic mass is 15.3. The van der Waals surface area contributed by atoms with Gasteiger partial charge in [-0.1, -0.05) is 6.92 Å². The Morgan fingerprint density at radius 3 is 2.81 bits per heavy atom. The third-order valence-corrected chi connectivity index (χ3v) is 4.55. The van der Waals surface area contributed by atoms with Gasteiger partial charge in [-0.25, -0.2) is 15.0 Å². The minimum atomic E-state index is 0.754. The van der Waals surface area contributed by atoms with E-state index >= 15 is 0 Å². The number of imidazole rings is 1. The smallest absolute Gasteiger partial charge is 0.184 e. The molecule has 0 aliphatic rings. The Labute approximate surface area is 152 Å². The zero-order valence-corrected chi connectivity index (χ0v) is 15.4. The van der Waals surface area contributed by atoms with Gasteiger partial charge in [0.15, 0.2) is 11.3 Å². The summed E-state index contributed by atoms with van der Waals surface area (Å²) in [6, 6.07) is 4.17. The molecule has 7 heteroatoms. The Bertz CT molecular complexity index is 1050. The molecule has 0 unspecified atom stereocenters. The lowest BCUT2D eigenvalue weighted by Gasteiger charge is -2.10. The molecule has 0 aliphatic heterocycles. The van der Waals surface area contributed by atoms with Gasteiger partial charge in [0, 0.05) is 42.9 Å². The van der Waals surface area contributed by atoms with Crippen LogP contribution in [0.2, 0.25) is 0 Å². The fraction of sp³-hybridized carbons (Fsp3) is 0.368. The molecule has 0 saturated carbocycles. The summed E-state index contributed by atoms with van der Waals surface area (Å²) in [5.74, 6) is 0.965. The Morgan fingerprint density at radius 1 is 1.15 bits per heavy atom. The number of hydrogen-bond acceptors (Lipinski definition) is 5. The van der Waals surface area contributed by atoms with E-state index in [0.717, 1.165) is 65.4 Å². The molecule has 4 heterocycles. The van der Waals surface area contributed by atoms with Crippen molar-refractivity contribution >= 4 is 22.5 Å². The molecule has 0 aliphatic carbocycles. The van der Waals surface area contributed by atoms with Crippen molar-refractivity contribution in [1.82, 2.24) is 29.1 Å². The predicted molar refractivity (Wildman–Crippen MR) is 102 cm³/mol. The minimum absolute atomic E-state index is 0.754. The maximum atomic E-state index is 4.81. The zero-order chi connectivity index (χ0) is 18.1. The molecule has 0 aromatic carbocycles. The molecule has 4 aromatic rings. The molecule has 0 spiro atoms. The van der Waals surface area contributed by atoms with Gasteiger partial charge in [-0.3, -0.25) is 0 Å². The van der Waals surface area contributed by atoms with E-state index in [1.54, 1.807) is 6.20 Å². The monoisotopic (exact) mass is 349 g/mol. The van der Waals surface area contributed by atoms with Crippen LogP contribution in [-0.4, -0.2) is 35.7 Å². The first kappa shape index (κ1) is 16.5. The van der Waals surface area contributed by atoms with Gasteiger partial charge in [-0.05, 0) is 38.3 Å². The van der Waals surface area contributed by atoms with E-state index in [2.05, 4.69) is 45.8 Å². The van der Waals surface area contributed by atoms with Gasteiger partial charge in [0.05, 0.1) is 11.7 Å². The lowest BCUT2D eigenvalue weighted by molar-refractivity contribution is 0.659. The van der Waals surface area contributed by atoms with Crippen LogP contribution in [0.1, 0.15) is 30.3 Å². The second-order valence-electron chi connectivity index (χ2n) is 6.58. The topological polar surface area (TPSA) is 72.9 Å². The molecule has 26 heavy (non-hydrogen) atoms. The summed E-state index contributed by atoms with van der Waals surface area (Å²) in [5.41, 5.74) is 4.82. The van der Waals surface area contributed by atoms with E-state index in [1.807, 2.05) is 24.0 Å². The highest BCUT2D eigenvalue weighted by molar-refractivity contribution is 5.93. The van der Waals surface area contributed by atoms with Crippen LogP contribution in [0.25, 0.3) is 16.7 Å². The normalized spacial score (nSPS) is 11.5. The summed E-state index contributed by atoms with van der Waals surface area (Å²) in [4.78, 5) is 13.5. The maximum Gasteiger partial charge on any atom is 0.184 e. The van der Waals surface area contributed by atoms with Crippen molar-refractivity contribution in [2.75, 3.05) is 11.9 Å². The van der Waals surface area contributed by atoms with Crippen LogP contribution in [0, 0.1) is 13.8 Å². The number of fused-ring (bicyclic) bond motifs is 3. The van der Waals surface area contributed by atoms with Crippen molar-refractivity contribution in [1.29, 1.82) is 0 Å². The first-order chi connectivity index (χ1) is 12.7.